The molecule has 0 saturated carbocycles. The summed E-state index contributed by atoms with van der Waals surface area (Å²) in [7, 11) is 0. The smallest absolute Gasteiger partial charge is 0.216 e. The monoisotopic (exact) mass is 334 g/mol. The van der Waals surface area contributed by atoms with E-state index in [4.69, 9.17) is 12.2 Å². The van der Waals surface area contributed by atoms with Crippen LogP contribution in [0.2, 0.25) is 0 Å². The van der Waals surface area contributed by atoms with E-state index in [1.54, 1.807) is 12.1 Å². The Morgan fingerprint density at radius 1 is 1.09 bits per heavy atom. The van der Waals surface area contributed by atoms with Gasteiger partial charge in [0.1, 0.15) is 17.5 Å². The van der Waals surface area contributed by atoms with Gasteiger partial charge in [-0.15, -0.1) is 0 Å². The van der Waals surface area contributed by atoms with Gasteiger partial charge < -0.3 is 0 Å². The van der Waals surface area contributed by atoms with Crippen molar-refractivity contribution in [1.29, 1.82) is 0 Å². The van der Waals surface area contributed by atoms with Crippen molar-refractivity contribution in [2.24, 2.45) is 5.10 Å². The number of hydrogen-bond donors (Lipinski definition) is 1. The molecule has 0 aliphatic heterocycles. The number of halogens is 3. The third-order valence-corrected chi connectivity index (χ3v) is 3.30. The zero-order valence-electron chi connectivity index (χ0n) is 11.5. The van der Waals surface area contributed by atoms with Gasteiger partial charge in [-0.25, -0.2) is 18.3 Å². The molecule has 23 heavy (non-hydrogen) atoms. The summed E-state index contributed by atoms with van der Waals surface area (Å²) in [4.78, 5) is 0. The molecule has 0 aliphatic carbocycles. The highest BCUT2D eigenvalue weighted by atomic mass is 32.1. The van der Waals surface area contributed by atoms with Crippen LogP contribution in [0.4, 0.5) is 13.2 Å². The lowest BCUT2D eigenvalue weighted by atomic mass is 10.2. The van der Waals surface area contributed by atoms with Gasteiger partial charge in [0, 0.05) is 11.6 Å². The number of nitrogens with one attached hydrogen (secondary N) is 1. The van der Waals surface area contributed by atoms with Gasteiger partial charge in [-0.2, -0.15) is 14.9 Å². The lowest BCUT2D eigenvalue weighted by Crippen LogP contribution is -1.98. The van der Waals surface area contributed by atoms with E-state index in [0.717, 1.165) is 23.0 Å². The summed E-state index contributed by atoms with van der Waals surface area (Å²) < 4.78 is 41.7. The highest BCUT2D eigenvalue weighted by Gasteiger charge is 2.12. The minimum atomic E-state index is -0.767. The van der Waals surface area contributed by atoms with Crippen LogP contribution in [-0.2, 0) is 0 Å². The molecule has 0 aliphatic rings. The molecule has 1 N–H and O–H groups in total. The second kappa shape index (κ2) is 6.17. The lowest BCUT2D eigenvalue weighted by Gasteiger charge is -2.02. The molecule has 0 bridgehead atoms. The number of aromatic nitrogens is 3. The van der Waals surface area contributed by atoms with E-state index in [1.165, 1.54) is 18.2 Å². The summed E-state index contributed by atoms with van der Waals surface area (Å²) in [6.45, 7) is 0. The van der Waals surface area contributed by atoms with Crippen molar-refractivity contribution in [2.45, 2.75) is 0 Å². The van der Waals surface area contributed by atoms with Gasteiger partial charge in [-0.1, -0.05) is 12.1 Å². The summed E-state index contributed by atoms with van der Waals surface area (Å²) >= 11 is 5.04. The number of hydrogen-bond acceptors (Lipinski definition) is 3. The molecule has 0 atom stereocenters. The maximum atomic E-state index is 13.9. The quantitative estimate of drug-likeness (QED) is 0.583. The van der Waals surface area contributed by atoms with E-state index >= 15 is 0 Å². The normalized spacial score (nSPS) is 11.3. The minimum absolute atomic E-state index is 0.0639. The highest BCUT2D eigenvalue weighted by molar-refractivity contribution is 7.71. The Morgan fingerprint density at radius 2 is 1.87 bits per heavy atom. The first-order valence-corrected chi connectivity index (χ1v) is 6.89. The Kier molecular flexibility index (Phi) is 4.07. The first kappa shape index (κ1) is 15.2. The Morgan fingerprint density at radius 3 is 2.61 bits per heavy atom. The van der Waals surface area contributed by atoms with Crippen molar-refractivity contribution in [2.75, 3.05) is 0 Å². The topological polar surface area (TPSA) is 46.0 Å². The van der Waals surface area contributed by atoms with Crippen molar-refractivity contribution in [3.8, 4) is 11.4 Å². The van der Waals surface area contributed by atoms with Crippen LogP contribution in [0, 0.1) is 22.2 Å². The molecule has 8 heteroatoms. The number of rotatable bonds is 3. The predicted molar refractivity (Wildman–Crippen MR) is 82.2 cm³/mol. The molecule has 4 nitrogen and oxygen atoms in total. The second-order valence-electron chi connectivity index (χ2n) is 4.55. The summed E-state index contributed by atoms with van der Waals surface area (Å²) in [5, 5.41) is 10.4. The Balaban J connectivity index is 2.04. The van der Waals surface area contributed by atoms with Gasteiger partial charge in [0.2, 0.25) is 4.77 Å². The fourth-order valence-electron chi connectivity index (χ4n) is 1.94. The molecular weight excluding hydrogens is 325 g/mol. The van der Waals surface area contributed by atoms with Crippen LogP contribution in [-0.4, -0.2) is 21.1 Å². The Hall–Kier alpha value is -2.74. The average Bonchev–Trinajstić information content (AvgIpc) is 2.88. The zero-order chi connectivity index (χ0) is 16.4. The molecular formula is C15H9F3N4S. The summed E-state index contributed by atoms with van der Waals surface area (Å²) in [6, 6.07) is 9.07. The summed E-state index contributed by atoms with van der Waals surface area (Å²) in [6.07, 6.45) is 1.16. The fourth-order valence-corrected chi connectivity index (χ4v) is 2.12. The van der Waals surface area contributed by atoms with Gasteiger partial charge in [0.25, 0.3) is 0 Å². The third kappa shape index (κ3) is 3.07. The number of nitrogens with zero attached hydrogens (tertiary/aromatic N) is 3. The minimum Gasteiger partial charge on any atom is -0.250 e. The van der Waals surface area contributed by atoms with Gasteiger partial charge in [-0.05, 0) is 36.5 Å². The standard InChI is InChI=1S/C15H9F3N4S/c16-10-6-5-9(13(18)7-10)8-19-22-14(20-21-15(22)23)11-3-1-2-4-12(11)17/h1-8H,(H,21,23)/b19-8-. The first-order chi connectivity index (χ1) is 11.1. The Labute approximate surface area is 133 Å². The van der Waals surface area contributed by atoms with E-state index in [-0.39, 0.29) is 21.7 Å². The molecule has 0 fully saturated rings. The molecule has 3 aromatic rings. The van der Waals surface area contributed by atoms with Crippen LogP contribution in [0.1, 0.15) is 5.56 Å². The molecule has 1 heterocycles. The van der Waals surface area contributed by atoms with Gasteiger partial charge >= 0.3 is 0 Å². The van der Waals surface area contributed by atoms with E-state index in [2.05, 4.69) is 15.3 Å². The van der Waals surface area contributed by atoms with Crippen LogP contribution >= 0.6 is 12.2 Å². The molecule has 0 radical (unpaired) electrons. The van der Waals surface area contributed by atoms with Crippen molar-refractivity contribution < 1.29 is 13.2 Å². The van der Waals surface area contributed by atoms with Gasteiger partial charge in [0.15, 0.2) is 5.82 Å². The molecule has 0 unspecified atom stereocenters. The van der Waals surface area contributed by atoms with E-state index in [1.807, 2.05) is 0 Å². The van der Waals surface area contributed by atoms with E-state index in [9.17, 15) is 13.2 Å². The van der Waals surface area contributed by atoms with Crippen LogP contribution < -0.4 is 0 Å². The van der Waals surface area contributed by atoms with Crippen LogP contribution in [0.5, 0.6) is 0 Å². The third-order valence-electron chi connectivity index (χ3n) is 3.04. The summed E-state index contributed by atoms with van der Waals surface area (Å²) in [5.41, 5.74) is 0.255. The molecule has 0 amide bonds. The zero-order valence-corrected chi connectivity index (χ0v) is 12.3. The highest BCUT2D eigenvalue weighted by Crippen LogP contribution is 2.20. The first-order valence-electron chi connectivity index (χ1n) is 6.48. The second-order valence-corrected chi connectivity index (χ2v) is 4.94. The molecule has 0 spiro atoms. The molecule has 1 aromatic heterocycles. The van der Waals surface area contributed by atoms with Gasteiger partial charge in [0.05, 0.1) is 11.8 Å². The van der Waals surface area contributed by atoms with E-state index in [0.29, 0.717) is 0 Å². The van der Waals surface area contributed by atoms with E-state index < -0.39 is 17.5 Å². The maximum absolute atomic E-state index is 13.9. The largest absolute Gasteiger partial charge is 0.250 e. The molecule has 3 rings (SSSR count). The van der Waals surface area contributed by atoms with Crippen molar-refractivity contribution in [3.05, 3.63) is 70.3 Å². The molecule has 2 aromatic carbocycles. The Bertz CT molecular complexity index is 946. The number of benzene rings is 2. The number of aromatic amines is 1. The molecule has 116 valence electrons. The fraction of sp³-hybridized carbons (Fsp3) is 0. The van der Waals surface area contributed by atoms with Crippen LogP contribution in [0.15, 0.2) is 47.6 Å². The lowest BCUT2D eigenvalue weighted by molar-refractivity contribution is 0.582. The van der Waals surface area contributed by atoms with Crippen molar-refractivity contribution in [1.82, 2.24) is 14.9 Å². The van der Waals surface area contributed by atoms with Crippen LogP contribution in [0.3, 0.4) is 0 Å². The molecule has 0 saturated heterocycles. The average molecular weight is 334 g/mol. The van der Waals surface area contributed by atoms with Crippen molar-refractivity contribution >= 4 is 18.4 Å². The number of H-pyrrole nitrogens is 1. The SMILES string of the molecule is Fc1ccc(/C=N\n2c(-c3ccccc3F)n[nH]c2=S)c(F)c1. The van der Waals surface area contributed by atoms with Crippen LogP contribution in [0.25, 0.3) is 11.4 Å². The maximum Gasteiger partial charge on any atom is 0.216 e. The van der Waals surface area contributed by atoms with Crippen molar-refractivity contribution in [3.63, 3.8) is 0 Å². The van der Waals surface area contributed by atoms with Gasteiger partial charge in [-0.3, -0.25) is 0 Å². The summed E-state index contributed by atoms with van der Waals surface area (Å²) in [5.74, 6) is -1.80. The predicted octanol–water partition coefficient (Wildman–Crippen LogP) is 3.91.